The average Bonchev–Trinajstić information content (AvgIpc) is 2.70. The second kappa shape index (κ2) is 5.04. The highest BCUT2D eigenvalue weighted by molar-refractivity contribution is 7.14. The van der Waals surface area contributed by atoms with Crippen molar-refractivity contribution in [3.8, 4) is 0 Å². The fourth-order valence-electron chi connectivity index (χ4n) is 2.55. The molecule has 2 rings (SSSR count). The molecule has 1 heterocycles. The maximum absolute atomic E-state index is 11.0. The van der Waals surface area contributed by atoms with Gasteiger partial charge >= 0.3 is 5.97 Å². The van der Waals surface area contributed by atoms with E-state index >= 15 is 0 Å². The molecule has 0 aromatic carbocycles. The SMILES string of the molecule is CC1CCC(Nc2scnc2C(=O)O)C(C)C1. The van der Waals surface area contributed by atoms with Crippen LogP contribution < -0.4 is 5.32 Å². The van der Waals surface area contributed by atoms with Gasteiger partial charge in [0.15, 0.2) is 5.69 Å². The van der Waals surface area contributed by atoms with Gasteiger partial charge in [-0.3, -0.25) is 0 Å². The Hall–Kier alpha value is -1.10. The summed E-state index contributed by atoms with van der Waals surface area (Å²) in [6, 6.07) is 0.379. The first kappa shape index (κ1) is 12.4. The quantitative estimate of drug-likeness (QED) is 0.870. The highest BCUT2D eigenvalue weighted by Crippen LogP contribution is 2.32. The topological polar surface area (TPSA) is 62.2 Å². The normalized spacial score (nSPS) is 28.9. The van der Waals surface area contributed by atoms with E-state index < -0.39 is 5.97 Å². The molecular formula is C12H18N2O2S. The van der Waals surface area contributed by atoms with Crippen LogP contribution in [0.2, 0.25) is 0 Å². The second-order valence-corrected chi connectivity index (χ2v) is 5.84. The number of thiazole rings is 1. The van der Waals surface area contributed by atoms with Gasteiger partial charge in [0.25, 0.3) is 0 Å². The van der Waals surface area contributed by atoms with Gasteiger partial charge in [-0.1, -0.05) is 13.8 Å². The maximum atomic E-state index is 11.0. The molecule has 0 aliphatic heterocycles. The van der Waals surface area contributed by atoms with E-state index in [4.69, 9.17) is 5.11 Å². The second-order valence-electron chi connectivity index (χ2n) is 4.98. The number of nitrogens with one attached hydrogen (secondary N) is 1. The molecule has 0 spiro atoms. The van der Waals surface area contributed by atoms with E-state index in [1.165, 1.54) is 24.2 Å². The predicted molar refractivity (Wildman–Crippen MR) is 68.7 cm³/mol. The van der Waals surface area contributed by atoms with Crippen LogP contribution in [-0.4, -0.2) is 22.1 Å². The number of rotatable bonds is 3. The zero-order chi connectivity index (χ0) is 12.4. The van der Waals surface area contributed by atoms with Crippen molar-refractivity contribution in [2.45, 2.75) is 39.2 Å². The van der Waals surface area contributed by atoms with E-state index in [0.29, 0.717) is 17.0 Å². The van der Waals surface area contributed by atoms with Crippen LogP contribution in [0.1, 0.15) is 43.6 Å². The van der Waals surface area contributed by atoms with Gasteiger partial charge in [0.05, 0.1) is 5.51 Å². The Morgan fingerprint density at radius 3 is 2.94 bits per heavy atom. The number of aromatic carboxylic acids is 1. The van der Waals surface area contributed by atoms with Crippen molar-refractivity contribution < 1.29 is 9.90 Å². The monoisotopic (exact) mass is 254 g/mol. The number of carbonyl (C=O) groups is 1. The summed E-state index contributed by atoms with van der Waals surface area (Å²) in [6.07, 6.45) is 3.53. The minimum absolute atomic E-state index is 0.154. The van der Waals surface area contributed by atoms with Crippen LogP contribution in [0, 0.1) is 11.8 Å². The van der Waals surface area contributed by atoms with Crippen molar-refractivity contribution in [2.24, 2.45) is 11.8 Å². The fourth-order valence-corrected chi connectivity index (χ4v) is 3.28. The van der Waals surface area contributed by atoms with Crippen molar-refractivity contribution in [1.29, 1.82) is 0 Å². The molecule has 2 N–H and O–H groups in total. The Balaban J connectivity index is 2.05. The predicted octanol–water partition coefficient (Wildman–Crippen LogP) is 3.08. The molecule has 94 valence electrons. The molecule has 1 aliphatic rings. The molecule has 1 fully saturated rings. The summed E-state index contributed by atoms with van der Waals surface area (Å²) in [7, 11) is 0. The number of anilines is 1. The standard InChI is InChI=1S/C12H18N2O2S/c1-7-3-4-9(8(2)5-7)14-11-10(12(15)16)13-6-17-11/h6-9,14H,3-5H2,1-2H3,(H,15,16). The van der Waals surface area contributed by atoms with E-state index in [9.17, 15) is 4.79 Å². The van der Waals surface area contributed by atoms with E-state index in [0.717, 1.165) is 12.3 Å². The number of nitrogens with zero attached hydrogens (tertiary/aromatic N) is 1. The molecule has 1 aromatic rings. The molecule has 5 heteroatoms. The summed E-state index contributed by atoms with van der Waals surface area (Å²) in [5, 5.41) is 13.1. The van der Waals surface area contributed by atoms with Crippen molar-refractivity contribution >= 4 is 22.3 Å². The van der Waals surface area contributed by atoms with Gasteiger partial charge in [-0.2, -0.15) is 0 Å². The number of carboxylic acids is 1. The molecule has 3 unspecified atom stereocenters. The van der Waals surface area contributed by atoms with Gasteiger partial charge in [-0.25, -0.2) is 9.78 Å². The Kier molecular flexibility index (Phi) is 3.66. The lowest BCUT2D eigenvalue weighted by Crippen LogP contribution is -2.33. The fraction of sp³-hybridized carbons (Fsp3) is 0.667. The summed E-state index contributed by atoms with van der Waals surface area (Å²) in [4.78, 5) is 14.8. The third kappa shape index (κ3) is 2.77. The van der Waals surface area contributed by atoms with Gasteiger partial charge in [0, 0.05) is 6.04 Å². The van der Waals surface area contributed by atoms with Crippen molar-refractivity contribution in [3.63, 3.8) is 0 Å². The van der Waals surface area contributed by atoms with Crippen LogP contribution in [0.15, 0.2) is 5.51 Å². The Labute approximate surface area is 105 Å². The van der Waals surface area contributed by atoms with E-state index in [-0.39, 0.29) is 5.69 Å². The van der Waals surface area contributed by atoms with Crippen LogP contribution in [0.3, 0.4) is 0 Å². The average molecular weight is 254 g/mol. The van der Waals surface area contributed by atoms with Crippen molar-refractivity contribution in [1.82, 2.24) is 4.98 Å². The highest BCUT2D eigenvalue weighted by Gasteiger charge is 2.26. The van der Waals surface area contributed by atoms with Crippen LogP contribution in [0.4, 0.5) is 5.00 Å². The molecule has 1 aromatic heterocycles. The zero-order valence-electron chi connectivity index (χ0n) is 10.1. The van der Waals surface area contributed by atoms with E-state index in [1.807, 2.05) is 0 Å². The lowest BCUT2D eigenvalue weighted by molar-refractivity contribution is 0.0692. The molecule has 0 amide bonds. The number of hydrogen-bond acceptors (Lipinski definition) is 4. The molecule has 0 radical (unpaired) electrons. The number of hydrogen-bond donors (Lipinski definition) is 2. The summed E-state index contributed by atoms with van der Waals surface area (Å²) < 4.78 is 0. The van der Waals surface area contributed by atoms with Crippen LogP contribution in [0.5, 0.6) is 0 Å². The number of aromatic nitrogens is 1. The third-order valence-corrected chi connectivity index (χ3v) is 4.28. The van der Waals surface area contributed by atoms with Crippen LogP contribution in [-0.2, 0) is 0 Å². The Morgan fingerprint density at radius 2 is 2.29 bits per heavy atom. The molecule has 3 atom stereocenters. The first-order valence-corrected chi connectivity index (χ1v) is 6.89. The largest absolute Gasteiger partial charge is 0.476 e. The molecule has 1 saturated carbocycles. The molecule has 17 heavy (non-hydrogen) atoms. The smallest absolute Gasteiger partial charge is 0.357 e. The van der Waals surface area contributed by atoms with Crippen LogP contribution in [0.25, 0.3) is 0 Å². The van der Waals surface area contributed by atoms with Crippen LogP contribution >= 0.6 is 11.3 Å². The first-order valence-electron chi connectivity index (χ1n) is 6.01. The summed E-state index contributed by atoms with van der Waals surface area (Å²) in [5.74, 6) is 0.413. The first-order chi connectivity index (χ1) is 8.08. The van der Waals surface area contributed by atoms with Crippen molar-refractivity contribution in [2.75, 3.05) is 5.32 Å². The highest BCUT2D eigenvalue weighted by atomic mass is 32.1. The summed E-state index contributed by atoms with van der Waals surface area (Å²) in [5.41, 5.74) is 1.74. The molecule has 0 bridgehead atoms. The van der Waals surface area contributed by atoms with Gasteiger partial charge in [0.1, 0.15) is 5.00 Å². The van der Waals surface area contributed by atoms with Crippen molar-refractivity contribution in [3.05, 3.63) is 11.2 Å². The lowest BCUT2D eigenvalue weighted by Gasteiger charge is -2.33. The van der Waals surface area contributed by atoms with E-state index in [2.05, 4.69) is 24.1 Å². The minimum Gasteiger partial charge on any atom is -0.476 e. The van der Waals surface area contributed by atoms with Gasteiger partial charge < -0.3 is 10.4 Å². The number of carboxylic acid groups (broad SMARTS) is 1. The molecule has 0 saturated heterocycles. The molecule has 1 aliphatic carbocycles. The van der Waals surface area contributed by atoms with Gasteiger partial charge in [-0.05, 0) is 31.1 Å². The molecular weight excluding hydrogens is 236 g/mol. The summed E-state index contributed by atoms with van der Waals surface area (Å²) in [6.45, 7) is 4.51. The van der Waals surface area contributed by atoms with Gasteiger partial charge in [-0.15, -0.1) is 11.3 Å². The van der Waals surface area contributed by atoms with E-state index in [1.54, 1.807) is 5.51 Å². The molecule has 4 nitrogen and oxygen atoms in total. The minimum atomic E-state index is -0.953. The maximum Gasteiger partial charge on any atom is 0.357 e. The Morgan fingerprint density at radius 1 is 1.53 bits per heavy atom. The lowest BCUT2D eigenvalue weighted by atomic mass is 9.80. The third-order valence-electron chi connectivity index (χ3n) is 3.52. The van der Waals surface area contributed by atoms with Gasteiger partial charge in [0.2, 0.25) is 0 Å². The Bertz CT molecular complexity index is 405. The zero-order valence-corrected chi connectivity index (χ0v) is 11.0. The summed E-state index contributed by atoms with van der Waals surface area (Å²) >= 11 is 1.37.